The maximum Gasteiger partial charge on any atom is 0.293 e. The summed E-state index contributed by atoms with van der Waals surface area (Å²) in [5.74, 6) is 1.41. The van der Waals surface area contributed by atoms with Crippen LogP contribution in [0.5, 0.6) is 17.2 Å². The highest BCUT2D eigenvalue weighted by Crippen LogP contribution is 2.39. The summed E-state index contributed by atoms with van der Waals surface area (Å²) in [6.45, 7) is 7.28. The van der Waals surface area contributed by atoms with Crippen molar-refractivity contribution in [2.45, 2.75) is 32.7 Å². The summed E-state index contributed by atoms with van der Waals surface area (Å²) in [5.41, 5.74) is 2.72. The van der Waals surface area contributed by atoms with Gasteiger partial charge in [0.05, 0.1) is 23.0 Å². The Hall–Kier alpha value is -2.94. The van der Waals surface area contributed by atoms with Gasteiger partial charge in [-0.15, -0.1) is 0 Å². The largest absolute Gasteiger partial charge is 0.493 e. The van der Waals surface area contributed by atoms with Gasteiger partial charge in [0.2, 0.25) is 0 Å². The lowest BCUT2D eigenvalue weighted by atomic mass is 9.87. The Kier molecular flexibility index (Phi) is 9.31. The summed E-state index contributed by atoms with van der Waals surface area (Å²) in [7, 11) is 1.54. The lowest BCUT2D eigenvalue weighted by Gasteiger charge is -2.19. The average Bonchev–Trinajstić information content (AvgIpc) is 3.15. The monoisotopic (exact) mass is 629 g/mol. The molecule has 3 aromatic carbocycles. The molecule has 6 nitrogen and oxygen atoms in total. The van der Waals surface area contributed by atoms with Crippen LogP contribution in [0.3, 0.4) is 0 Å². The summed E-state index contributed by atoms with van der Waals surface area (Å²) >= 11 is 10.7. The Bertz CT molecular complexity index is 1400. The molecule has 4 rings (SSSR count). The average molecular weight is 631 g/mol. The fourth-order valence-electron chi connectivity index (χ4n) is 3.90. The van der Waals surface area contributed by atoms with Crippen LogP contribution < -0.4 is 14.2 Å². The number of carbonyl (C=O) groups excluding carboxylic acids is 2. The number of imide groups is 1. The van der Waals surface area contributed by atoms with E-state index in [1.54, 1.807) is 37.5 Å². The standard InChI is InChI=1S/C30H29BrClNO5S/c1-30(2,3)21-9-11-22(12-10-21)37-13-14-38-27-23(31)15-19(16-25(27)36-4)17-26-28(34)33(29(35)39-26)18-20-7-5-6-8-24(20)32/h5-12,15-17H,13-14,18H2,1-4H3/b26-17-. The number of thioether (sulfide) groups is 1. The second-order valence-electron chi connectivity index (χ2n) is 9.86. The molecular formula is C30H29BrClNO5S. The Balaban J connectivity index is 1.40. The quantitative estimate of drug-likeness (QED) is 0.176. The number of carbonyl (C=O) groups is 2. The zero-order chi connectivity index (χ0) is 28.2. The molecular weight excluding hydrogens is 602 g/mol. The van der Waals surface area contributed by atoms with Gasteiger partial charge in [0.1, 0.15) is 19.0 Å². The van der Waals surface area contributed by atoms with Crippen LogP contribution in [0.4, 0.5) is 4.79 Å². The Morgan fingerprint density at radius 3 is 2.36 bits per heavy atom. The molecule has 0 N–H and O–H groups in total. The van der Waals surface area contributed by atoms with Crippen molar-refractivity contribution in [3.8, 4) is 17.2 Å². The van der Waals surface area contributed by atoms with Crippen LogP contribution in [-0.4, -0.2) is 36.4 Å². The topological polar surface area (TPSA) is 65.1 Å². The predicted octanol–water partition coefficient (Wildman–Crippen LogP) is 8.10. The van der Waals surface area contributed by atoms with Gasteiger partial charge >= 0.3 is 0 Å². The van der Waals surface area contributed by atoms with Crippen LogP contribution in [0.15, 0.2) is 70.0 Å². The minimum atomic E-state index is -0.368. The van der Waals surface area contributed by atoms with Crippen LogP contribution >= 0.6 is 39.3 Å². The molecule has 1 fully saturated rings. The number of hydrogen-bond acceptors (Lipinski definition) is 6. The highest BCUT2D eigenvalue weighted by molar-refractivity contribution is 9.10. The second-order valence-corrected chi connectivity index (χ2v) is 12.1. The molecule has 0 aliphatic carbocycles. The first-order chi connectivity index (χ1) is 18.6. The van der Waals surface area contributed by atoms with Crippen LogP contribution in [-0.2, 0) is 16.8 Å². The molecule has 0 aromatic heterocycles. The number of benzene rings is 3. The molecule has 204 valence electrons. The van der Waals surface area contributed by atoms with Gasteiger partial charge in [-0.3, -0.25) is 14.5 Å². The van der Waals surface area contributed by atoms with E-state index in [9.17, 15) is 9.59 Å². The van der Waals surface area contributed by atoms with E-state index in [2.05, 4.69) is 48.8 Å². The smallest absolute Gasteiger partial charge is 0.293 e. The van der Waals surface area contributed by atoms with E-state index < -0.39 is 0 Å². The van der Waals surface area contributed by atoms with Crippen LogP contribution in [0.2, 0.25) is 5.02 Å². The summed E-state index contributed by atoms with van der Waals surface area (Å²) in [6.07, 6.45) is 1.67. The van der Waals surface area contributed by atoms with Gasteiger partial charge in [-0.1, -0.05) is 62.7 Å². The molecule has 0 unspecified atom stereocenters. The van der Waals surface area contributed by atoms with Crippen molar-refractivity contribution in [1.82, 2.24) is 4.90 Å². The van der Waals surface area contributed by atoms with Gasteiger partial charge in [-0.25, -0.2) is 0 Å². The molecule has 1 heterocycles. The lowest BCUT2D eigenvalue weighted by molar-refractivity contribution is -0.123. The first-order valence-electron chi connectivity index (χ1n) is 12.3. The molecule has 39 heavy (non-hydrogen) atoms. The Labute approximate surface area is 246 Å². The molecule has 0 bridgehead atoms. The van der Waals surface area contributed by atoms with Crippen molar-refractivity contribution in [2.24, 2.45) is 0 Å². The zero-order valence-electron chi connectivity index (χ0n) is 22.1. The first kappa shape index (κ1) is 29.1. The summed E-state index contributed by atoms with van der Waals surface area (Å²) < 4.78 is 18.0. The number of hydrogen-bond donors (Lipinski definition) is 0. The molecule has 1 saturated heterocycles. The normalized spacial score (nSPS) is 14.7. The van der Waals surface area contributed by atoms with Crippen molar-refractivity contribution in [1.29, 1.82) is 0 Å². The molecule has 1 aliphatic heterocycles. The van der Waals surface area contributed by atoms with Crippen molar-refractivity contribution in [3.63, 3.8) is 0 Å². The van der Waals surface area contributed by atoms with E-state index >= 15 is 0 Å². The van der Waals surface area contributed by atoms with Crippen LogP contribution in [0.25, 0.3) is 6.08 Å². The molecule has 2 amide bonds. The Morgan fingerprint density at radius 2 is 1.69 bits per heavy atom. The van der Waals surface area contributed by atoms with Crippen molar-refractivity contribution in [2.75, 3.05) is 20.3 Å². The van der Waals surface area contributed by atoms with Gasteiger partial charge in [0, 0.05) is 5.02 Å². The van der Waals surface area contributed by atoms with E-state index in [0.29, 0.717) is 50.2 Å². The lowest BCUT2D eigenvalue weighted by Crippen LogP contribution is -2.27. The molecule has 0 saturated carbocycles. The van der Waals surface area contributed by atoms with Gasteiger partial charge < -0.3 is 14.2 Å². The number of ether oxygens (including phenoxy) is 3. The second kappa shape index (κ2) is 12.5. The summed E-state index contributed by atoms with van der Waals surface area (Å²) in [6, 6.07) is 18.8. The molecule has 0 radical (unpaired) electrons. The summed E-state index contributed by atoms with van der Waals surface area (Å²) in [4.78, 5) is 27.1. The predicted molar refractivity (Wildman–Crippen MR) is 160 cm³/mol. The number of amides is 2. The minimum Gasteiger partial charge on any atom is -0.493 e. The maximum absolute atomic E-state index is 13.0. The molecule has 0 atom stereocenters. The van der Waals surface area contributed by atoms with Gasteiger partial charge in [0.15, 0.2) is 11.5 Å². The van der Waals surface area contributed by atoms with Gasteiger partial charge in [-0.05, 0) is 86.2 Å². The SMILES string of the molecule is COc1cc(/C=C2\SC(=O)N(Cc3ccccc3Cl)C2=O)cc(Br)c1OCCOc1ccc(C(C)(C)C)cc1. The van der Waals surface area contributed by atoms with Crippen LogP contribution in [0.1, 0.15) is 37.5 Å². The fourth-order valence-corrected chi connectivity index (χ4v) is 5.51. The Morgan fingerprint density at radius 1 is 1.00 bits per heavy atom. The fraction of sp³-hybridized carbons (Fsp3) is 0.267. The van der Waals surface area contributed by atoms with E-state index in [1.807, 2.05) is 24.3 Å². The van der Waals surface area contributed by atoms with Gasteiger partial charge in [0.25, 0.3) is 11.1 Å². The first-order valence-corrected chi connectivity index (χ1v) is 14.3. The zero-order valence-corrected chi connectivity index (χ0v) is 25.3. The maximum atomic E-state index is 13.0. The van der Waals surface area contributed by atoms with E-state index in [-0.39, 0.29) is 23.1 Å². The summed E-state index contributed by atoms with van der Waals surface area (Å²) in [5, 5.41) is 0.166. The van der Waals surface area contributed by atoms with Crippen LogP contribution in [0, 0.1) is 0 Å². The number of halogens is 2. The number of methoxy groups -OCH3 is 1. The third kappa shape index (κ3) is 7.18. The number of rotatable bonds is 9. The minimum absolute atomic E-state index is 0.0850. The highest BCUT2D eigenvalue weighted by Gasteiger charge is 2.35. The molecule has 9 heteroatoms. The van der Waals surface area contributed by atoms with Crippen molar-refractivity contribution < 1.29 is 23.8 Å². The third-order valence-electron chi connectivity index (χ3n) is 6.03. The molecule has 0 spiro atoms. The van der Waals surface area contributed by atoms with Crippen molar-refractivity contribution in [3.05, 3.63) is 91.8 Å². The van der Waals surface area contributed by atoms with Crippen molar-refractivity contribution >= 4 is 56.5 Å². The van der Waals surface area contributed by atoms with Gasteiger partial charge in [-0.2, -0.15) is 0 Å². The number of nitrogens with zero attached hydrogens (tertiary/aromatic N) is 1. The van der Waals surface area contributed by atoms with E-state index in [0.717, 1.165) is 17.5 Å². The molecule has 1 aliphatic rings. The molecule has 3 aromatic rings. The highest BCUT2D eigenvalue weighted by atomic mass is 79.9. The van der Waals surface area contributed by atoms with E-state index in [4.69, 9.17) is 25.8 Å². The van der Waals surface area contributed by atoms with E-state index in [1.165, 1.54) is 10.5 Å². The third-order valence-corrected chi connectivity index (χ3v) is 7.89.